The first-order chi connectivity index (χ1) is 19.4. The largest absolute Gasteiger partial charge is 0.353 e. The number of amides is 3. The molecular weight excluding hydrogens is 498 g/mol. The maximum atomic E-state index is 13.7. The third-order valence-corrected chi connectivity index (χ3v) is 11.6. The van der Waals surface area contributed by atoms with Crippen molar-refractivity contribution in [2.24, 2.45) is 41.4 Å². The number of carbonyl (C=O) groups excluding carboxylic acids is 3. The van der Waals surface area contributed by atoms with E-state index in [1.165, 1.54) is 42.0 Å². The number of benzene rings is 2. The molecule has 6 nitrogen and oxygen atoms in total. The second-order valence-electron chi connectivity index (χ2n) is 13.6. The fourth-order valence-corrected chi connectivity index (χ4v) is 9.70. The Morgan fingerprint density at radius 3 is 2.30 bits per heavy atom. The van der Waals surface area contributed by atoms with Gasteiger partial charge in [0, 0.05) is 26.1 Å². The van der Waals surface area contributed by atoms with Crippen molar-refractivity contribution in [3.63, 3.8) is 0 Å². The zero-order valence-corrected chi connectivity index (χ0v) is 23.9. The van der Waals surface area contributed by atoms with Gasteiger partial charge in [-0.15, -0.1) is 0 Å². The van der Waals surface area contributed by atoms with Crippen LogP contribution >= 0.6 is 0 Å². The molecule has 2 heterocycles. The Morgan fingerprint density at radius 1 is 0.875 bits per heavy atom. The summed E-state index contributed by atoms with van der Waals surface area (Å²) in [5, 5.41) is 5.84. The lowest BCUT2D eigenvalue weighted by molar-refractivity contribution is -0.142. The molecule has 40 heavy (non-hydrogen) atoms. The second-order valence-corrected chi connectivity index (χ2v) is 13.6. The highest BCUT2D eigenvalue weighted by Gasteiger charge is 2.66. The van der Waals surface area contributed by atoms with E-state index in [-0.39, 0.29) is 53.4 Å². The van der Waals surface area contributed by atoms with Gasteiger partial charge in [0.1, 0.15) is 0 Å². The van der Waals surface area contributed by atoms with Crippen molar-refractivity contribution in [3.8, 4) is 0 Å². The van der Waals surface area contributed by atoms with Crippen LogP contribution < -0.4 is 5.32 Å². The van der Waals surface area contributed by atoms with Crippen LogP contribution in [0.15, 0.2) is 42.5 Å². The standard InChI is InChI=1S/C34H43N3O3/c1-20-28-17-29(32(20)35-21(2)38)31-30(28)33(39)37(34(31)40)19-25-10-5-9-24(25)18-36-15-13-23(14-16-36)27-12-6-8-22-7-3-4-11-26(22)27/h3-4,6-8,11-12,20,23-25,28-32H,5,9-10,13-19H2,1-2H3,(H,35,38)/t20?,24-,25-,28?,29?,30?,31?,32?/m1/s1. The van der Waals surface area contributed by atoms with Gasteiger partial charge in [-0.1, -0.05) is 55.8 Å². The van der Waals surface area contributed by atoms with E-state index >= 15 is 0 Å². The molecule has 5 aliphatic rings. The number of hydrogen-bond acceptors (Lipinski definition) is 4. The summed E-state index contributed by atoms with van der Waals surface area (Å²) in [6, 6.07) is 15.5. The molecule has 8 atom stereocenters. The quantitative estimate of drug-likeness (QED) is 0.532. The number of carbonyl (C=O) groups is 3. The van der Waals surface area contributed by atoms with Gasteiger partial charge in [-0.05, 0) is 97.0 Å². The molecule has 6 heteroatoms. The van der Waals surface area contributed by atoms with E-state index in [2.05, 4.69) is 59.6 Å². The third-order valence-electron chi connectivity index (χ3n) is 11.6. The van der Waals surface area contributed by atoms with E-state index in [1.54, 1.807) is 11.8 Å². The number of fused-ring (bicyclic) bond motifs is 6. The Bertz CT molecular complexity index is 1310. The molecule has 3 amide bonds. The van der Waals surface area contributed by atoms with Crippen LogP contribution in [0.25, 0.3) is 10.8 Å². The Balaban J connectivity index is 0.977. The number of likely N-dealkylation sites (tertiary alicyclic amines) is 2. The molecule has 7 rings (SSSR count). The molecule has 1 N–H and O–H groups in total. The summed E-state index contributed by atoms with van der Waals surface area (Å²) in [6.07, 6.45) is 6.78. The first kappa shape index (κ1) is 26.2. The zero-order chi connectivity index (χ0) is 27.5. The Morgan fingerprint density at radius 2 is 1.55 bits per heavy atom. The van der Waals surface area contributed by atoms with Crippen molar-refractivity contribution in [3.05, 3.63) is 48.0 Å². The summed E-state index contributed by atoms with van der Waals surface area (Å²) in [5.74, 6) is 1.86. The van der Waals surface area contributed by atoms with E-state index in [0.717, 1.165) is 32.5 Å². The van der Waals surface area contributed by atoms with Crippen LogP contribution in [0.4, 0.5) is 0 Å². The van der Waals surface area contributed by atoms with E-state index in [4.69, 9.17) is 0 Å². The number of piperidine rings is 1. The predicted molar refractivity (Wildman–Crippen MR) is 155 cm³/mol. The van der Waals surface area contributed by atoms with Gasteiger partial charge in [0.05, 0.1) is 11.8 Å². The lowest BCUT2D eigenvalue weighted by Crippen LogP contribution is -2.48. The highest BCUT2D eigenvalue weighted by molar-refractivity contribution is 6.06. The van der Waals surface area contributed by atoms with Crippen molar-refractivity contribution in [2.75, 3.05) is 26.2 Å². The van der Waals surface area contributed by atoms with Crippen LogP contribution in [0.2, 0.25) is 0 Å². The van der Waals surface area contributed by atoms with Crippen molar-refractivity contribution in [2.45, 2.75) is 64.3 Å². The van der Waals surface area contributed by atoms with Gasteiger partial charge in [-0.3, -0.25) is 19.3 Å². The maximum Gasteiger partial charge on any atom is 0.233 e. The molecule has 2 saturated heterocycles. The Kier molecular flexibility index (Phi) is 6.73. The van der Waals surface area contributed by atoms with E-state index < -0.39 is 0 Å². The van der Waals surface area contributed by atoms with Gasteiger partial charge in [0.15, 0.2) is 0 Å². The molecule has 0 spiro atoms. The van der Waals surface area contributed by atoms with E-state index in [1.807, 2.05) is 0 Å². The minimum absolute atomic E-state index is 0.0245. The summed E-state index contributed by atoms with van der Waals surface area (Å²) >= 11 is 0. The van der Waals surface area contributed by atoms with Gasteiger partial charge >= 0.3 is 0 Å². The highest BCUT2D eigenvalue weighted by Crippen LogP contribution is 2.58. The smallest absolute Gasteiger partial charge is 0.233 e. The van der Waals surface area contributed by atoms with Crippen molar-refractivity contribution in [1.29, 1.82) is 0 Å². The van der Waals surface area contributed by atoms with Crippen LogP contribution in [-0.4, -0.2) is 59.7 Å². The molecule has 5 fully saturated rings. The van der Waals surface area contributed by atoms with Crippen molar-refractivity contribution in [1.82, 2.24) is 15.1 Å². The maximum absolute atomic E-state index is 13.7. The number of imide groups is 1. The summed E-state index contributed by atoms with van der Waals surface area (Å²) in [4.78, 5) is 43.4. The fourth-order valence-electron chi connectivity index (χ4n) is 9.70. The zero-order valence-electron chi connectivity index (χ0n) is 23.9. The lowest BCUT2D eigenvalue weighted by Gasteiger charge is -2.36. The summed E-state index contributed by atoms with van der Waals surface area (Å²) in [5.41, 5.74) is 1.50. The van der Waals surface area contributed by atoms with Gasteiger partial charge in [0.2, 0.25) is 17.7 Å². The van der Waals surface area contributed by atoms with Crippen molar-refractivity contribution >= 4 is 28.5 Å². The van der Waals surface area contributed by atoms with Crippen LogP contribution in [0, 0.1) is 41.4 Å². The summed E-state index contributed by atoms with van der Waals surface area (Å²) < 4.78 is 0. The topological polar surface area (TPSA) is 69.7 Å². The van der Waals surface area contributed by atoms with E-state index in [0.29, 0.717) is 24.3 Å². The molecule has 212 valence electrons. The average molecular weight is 542 g/mol. The Labute approximate surface area is 237 Å². The molecule has 0 aromatic heterocycles. The minimum Gasteiger partial charge on any atom is -0.353 e. The molecule has 3 aliphatic carbocycles. The number of hydrogen-bond donors (Lipinski definition) is 1. The number of rotatable bonds is 6. The highest BCUT2D eigenvalue weighted by atomic mass is 16.2. The monoisotopic (exact) mass is 541 g/mol. The van der Waals surface area contributed by atoms with Gasteiger partial charge in [0.25, 0.3) is 0 Å². The SMILES string of the molecule is CC(=O)NC1C(C)C2CC1C1C(=O)N(C[C@H]3CCC[C@@H]3CN3CCC(c4cccc5ccccc45)CC3)C(=O)C21. The molecule has 0 radical (unpaired) electrons. The minimum atomic E-state index is -0.224. The molecular formula is C34H43N3O3. The molecule has 3 saturated carbocycles. The Hall–Kier alpha value is -2.73. The first-order valence-corrected chi connectivity index (χ1v) is 15.7. The molecule has 2 aromatic rings. The van der Waals surface area contributed by atoms with Gasteiger partial charge in [-0.25, -0.2) is 0 Å². The predicted octanol–water partition coefficient (Wildman–Crippen LogP) is 4.83. The summed E-state index contributed by atoms with van der Waals surface area (Å²) in [7, 11) is 0. The summed E-state index contributed by atoms with van der Waals surface area (Å²) in [6.45, 7) is 7.63. The molecule has 2 bridgehead atoms. The van der Waals surface area contributed by atoms with Crippen LogP contribution in [0.5, 0.6) is 0 Å². The third kappa shape index (κ3) is 4.29. The molecule has 2 aliphatic heterocycles. The van der Waals surface area contributed by atoms with Gasteiger partial charge < -0.3 is 10.2 Å². The number of nitrogens with one attached hydrogen (secondary N) is 1. The molecule has 2 aromatic carbocycles. The van der Waals surface area contributed by atoms with Crippen LogP contribution in [0.3, 0.4) is 0 Å². The first-order valence-electron chi connectivity index (χ1n) is 15.7. The van der Waals surface area contributed by atoms with Crippen molar-refractivity contribution < 1.29 is 14.4 Å². The normalized spacial score (nSPS) is 36.1. The fraction of sp³-hybridized carbons (Fsp3) is 0.618. The lowest BCUT2D eigenvalue weighted by atomic mass is 9.73. The van der Waals surface area contributed by atoms with E-state index in [9.17, 15) is 14.4 Å². The molecule has 6 unspecified atom stereocenters. The number of nitrogens with zero attached hydrogens (tertiary/aromatic N) is 2. The van der Waals surface area contributed by atoms with Gasteiger partial charge in [-0.2, -0.15) is 0 Å². The second kappa shape index (κ2) is 10.3. The average Bonchev–Trinajstić information content (AvgIpc) is 3.70. The van der Waals surface area contributed by atoms with Crippen LogP contribution in [-0.2, 0) is 14.4 Å². The van der Waals surface area contributed by atoms with Crippen LogP contribution in [0.1, 0.15) is 63.9 Å².